The van der Waals surface area contributed by atoms with Crippen molar-refractivity contribution in [3.8, 4) is 11.5 Å². The van der Waals surface area contributed by atoms with Crippen molar-refractivity contribution in [2.45, 2.75) is 19.4 Å². The lowest BCUT2D eigenvalue weighted by molar-refractivity contribution is 0.297. The van der Waals surface area contributed by atoms with E-state index in [0.29, 0.717) is 13.2 Å². The maximum absolute atomic E-state index is 13.2. The van der Waals surface area contributed by atoms with Gasteiger partial charge in [0, 0.05) is 24.2 Å². The van der Waals surface area contributed by atoms with Gasteiger partial charge in [0.2, 0.25) is 0 Å². The molecule has 1 heterocycles. The molecule has 1 aliphatic rings. The summed E-state index contributed by atoms with van der Waals surface area (Å²) < 4.78 is 24.5. The molecule has 3 nitrogen and oxygen atoms in total. The Kier molecular flexibility index (Phi) is 4.39. The van der Waals surface area contributed by atoms with Gasteiger partial charge < -0.3 is 14.8 Å². The lowest BCUT2D eigenvalue weighted by atomic mass is 10.1. The van der Waals surface area contributed by atoms with Crippen LogP contribution in [-0.4, -0.2) is 13.2 Å². The number of hydrogen-bond donors (Lipinski definition) is 1. The normalized spacial score (nSPS) is 15.0. The first kappa shape index (κ1) is 15.0. The van der Waals surface area contributed by atoms with Crippen LogP contribution in [-0.2, 0) is 0 Å². The van der Waals surface area contributed by atoms with E-state index in [1.54, 1.807) is 12.1 Å². The molecule has 0 amide bonds. The van der Waals surface area contributed by atoms with Crippen LogP contribution in [0.2, 0.25) is 5.02 Å². The SMILES string of the molecule is CC(Nc1ccc2c(c1)OCCCO2)c1ccc(F)c(Cl)c1. The highest BCUT2D eigenvalue weighted by atomic mass is 35.5. The van der Waals surface area contributed by atoms with Gasteiger partial charge in [-0.1, -0.05) is 17.7 Å². The molecule has 2 aromatic carbocycles. The van der Waals surface area contributed by atoms with E-state index in [1.165, 1.54) is 6.07 Å². The van der Waals surface area contributed by atoms with Crippen molar-refractivity contribution >= 4 is 17.3 Å². The topological polar surface area (TPSA) is 30.5 Å². The lowest BCUT2D eigenvalue weighted by Crippen LogP contribution is -2.07. The van der Waals surface area contributed by atoms with Gasteiger partial charge in [0.25, 0.3) is 0 Å². The first-order valence-electron chi connectivity index (χ1n) is 7.24. The third-order valence-corrected chi connectivity index (χ3v) is 3.86. The average Bonchev–Trinajstić information content (AvgIpc) is 2.74. The third-order valence-electron chi connectivity index (χ3n) is 3.57. The fourth-order valence-corrected chi connectivity index (χ4v) is 2.56. The zero-order valence-electron chi connectivity index (χ0n) is 12.2. The second kappa shape index (κ2) is 6.44. The Bertz CT molecular complexity index is 678. The number of anilines is 1. The average molecular weight is 322 g/mol. The number of halogens is 2. The van der Waals surface area contributed by atoms with E-state index in [0.717, 1.165) is 29.2 Å². The molecular formula is C17H17ClFNO2. The molecule has 3 rings (SSSR count). The minimum absolute atomic E-state index is 0.0113. The van der Waals surface area contributed by atoms with Gasteiger partial charge in [0.1, 0.15) is 5.82 Å². The Hall–Kier alpha value is -1.94. The van der Waals surface area contributed by atoms with Gasteiger partial charge in [0.15, 0.2) is 11.5 Å². The van der Waals surface area contributed by atoms with E-state index in [1.807, 2.05) is 25.1 Å². The van der Waals surface area contributed by atoms with Crippen LogP contribution >= 0.6 is 11.6 Å². The van der Waals surface area contributed by atoms with E-state index in [-0.39, 0.29) is 11.1 Å². The monoisotopic (exact) mass is 321 g/mol. The van der Waals surface area contributed by atoms with E-state index in [9.17, 15) is 4.39 Å². The van der Waals surface area contributed by atoms with Crippen LogP contribution in [0, 0.1) is 5.82 Å². The molecule has 5 heteroatoms. The second-order valence-electron chi connectivity index (χ2n) is 5.25. The Morgan fingerprint density at radius 2 is 1.86 bits per heavy atom. The standard InChI is InChI=1S/C17H17ClFNO2/c1-11(12-3-5-15(19)14(18)9-12)20-13-4-6-16-17(10-13)22-8-2-7-21-16/h3-6,9-11,20H,2,7-8H2,1H3. The summed E-state index contributed by atoms with van der Waals surface area (Å²) in [6.45, 7) is 3.32. The lowest BCUT2D eigenvalue weighted by Gasteiger charge is -2.17. The number of fused-ring (bicyclic) bond motifs is 1. The summed E-state index contributed by atoms with van der Waals surface area (Å²) in [7, 11) is 0. The molecule has 0 spiro atoms. The minimum Gasteiger partial charge on any atom is -0.490 e. The molecule has 0 saturated heterocycles. The summed E-state index contributed by atoms with van der Waals surface area (Å²) in [6, 6.07) is 10.5. The zero-order chi connectivity index (χ0) is 15.5. The van der Waals surface area contributed by atoms with E-state index < -0.39 is 5.82 Å². The Balaban J connectivity index is 1.77. The molecule has 0 aliphatic carbocycles. The van der Waals surface area contributed by atoms with Gasteiger partial charge in [-0.2, -0.15) is 0 Å². The molecule has 0 radical (unpaired) electrons. The zero-order valence-corrected chi connectivity index (χ0v) is 13.0. The summed E-state index contributed by atoms with van der Waals surface area (Å²) in [4.78, 5) is 0. The summed E-state index contributed by atoms with van der Waals surface area (Å²) in [6.07, 6.45) is 0.877. The van der Waals surface area contributed by atoms with Crippen molar-refractivity contribution in [2.75, 3.05) is 18.5 Å². The van der Waals surface area contributed by atoms with Gasteiger partial charge in [-0.3, -0.25) is 0 Å². The van der Waals surface area contributed by atoms with Crippen LogP contribution in [0.4, 0.5) is 10.1 Å². The maximum atomic E-state index is 13.2. The smallest absolute Gasteiger partial charge is 0.163 e. The van der Waals surface area contributed by atoms with Gasteiger partial charge in [-0.25, -0.2) is 4.39 Å². The highest BCUT2D eigenvalue weighted by Crippen LogP contribution is 2.33. The molecule has 0 fully saturated rings. The molecule has 2 aromatic rings. The fraction of sp³-hybridized carbons (Fsp3) is 0.294. The Morgan fingerprint density at radius 3 is 2.64 bits per heavy atom. The molecule has 0 saturated carbocycles. The molecule has 1 atom stereocenters. The number of hydrogen-bond acceptors (Lipinski definition) is 3. The fourth-order valence-electron chi connectivity index (χ4n) is 2.37. The molecule has 1 N–H and O–H groups in total. The van der Waals surface area contributed by atoms with Crippen LogP contribution in [0.1, 0.15) is 24.9 Å². The Morgan fingerprint density at radius 1 is 1.09 bits per heavy atom. The number of rotatable bonds is 3. The first-order valence-corrected chi connectivity index (χ1v) is 7.62. The van der Waals surface area contributed by atoms with Crippen LogP contribution in [0.3, 0.4) is 0 Å². The van der Waals surface area contributed by atoms with Crippen LogP contribution < -0.4 is 14.8 Å². The molecule has 0 aromatic heterocycles. The molecule has 116 valence electrons. The Labute approximate surface area is 134 Å². The summed E-state index contributed by atoms with van der Waals surface area (Å²) in [5.74, 6) is 1.10. The number of benzene rings is 2. The highest BCUT2D eigenvalue weighted by Gasteiger charge is 2.13. The predicted octanol–water partition coefficient (Wildman–Crippen LogP) is 4.81. The minimum atomic E-state index is -0.409. The van der Waals surface area contributed by atoms with Crippen molar-refractivity contribution < 1.29 is 13.9 Å². The molecular weight excluding hydrogens is 305 g/mol. The molecule has 1 unspecified atom stereocenters. The van der Waals surface area contributed by atoms with Gasteiger partial charge in [-0.15, -0.1) is 0 Å². The molecule has 0 bridgehead atoms. The summed E-state index contributed by atoms with van der Waals surface area (Å²) in [5, 5.41) is 3.49. The van der Waals surface area contributed by atoms with Gasteiger partial charge in [-0.05, 0) is 36.8 Å². The van der Waals surface area contributed by atoms with Gasteiger partial charge in [0.05, 0.1) is 18.2 Å². The van der Waals surface area contributed by atoms with E-state index >= 15 is 0 Å². The van der Waals surface area contributed by atoms with Crippen LogP contribution in [0.5, 0.6) is 11.5 Å². The number of ether oxygens (including phenoxy) is 2. The third kappa shape index (κ3) is 3.28. The number of nitrogens with one attached hydrogen (secondary N) is 1. The largest absolute Gasteiger partial charge is 0.490 e. The van der Waals surface area contributed by atoms with Crippen molar-refractivity contribution in [3.05, 3.63) is 52.8 Å². The van der Waals surface area contributed by atoms with E-state index in [4.69, 9.17) is 21.1 Å². The first-order chi connectivity index (χ1) is 10.6. The molecule has 22 heavy (non-hydrogen) atoms. The summed E-state index contributed by atoms with van der Waals surface area (Å²) in [5.41, 5.74) is 1.83. The quantitative estimate of drug-likeness (QED) is 0.879. The highest BCUT2D eigenvalue weighted by molar-refractivity contribution is 6.30. The van der Waals surface area contributed by atoms with Crippen molar-refractivity contribution in [2.24, 2.45) is 0 Å². The van der Waals surface area contributed by atoms with Crippen molar-refractivity contribution in [1.82, 2.24) is 0 Å². The maximum Gasteiger partial charge on any atom is 0.163 e. The molecule has 1 aliphatic heterocycles. The van der Waals surface area contributed by atoms with Crippen molar-refractivity contribution in [3.63, 3.8) is 0 Å². The second-order valence-corrected chi connectivity index (χ2v) is 5.66. The predicted molar refractivity (Wildman–Crippen MR) is 85.5 cm³/mol. The van der Waals surface area contributed by atoms with Crippen molar-refractivity contribution in [1.29, 1.82) is 0 Å². The van der Waals surface area contributed by atoms with E-state index in [2.05, 4.69) is 5.32 Å². The summed E-state index contributed by atoms with van der Waals surface area (Å²) >= 11 is 5.83. The van der Waals surface area contributed by atoms with Crippen LogP contribution in [0.25, 0.3) is 0 Å². The van der Waals surface area contributed by atoms with Gasteiger partial charge >= 0.3 is 0 Å². The van der Waals surface area contributed by atoms with Crippen LogP contribution in [0.15, 0.2) is 36.4 Å².